The first-order chi connectivity index (χ1) is 19.0. The van der Waals surface area contributed by atoms with Gasteiger partial charge in [-0.2, -0.15) is 15.3 Å². The molecule has 0 bridgehead atoms. The number of hydrogen-bond acceptors (Lipinski definition) is 5. The van der Waals surface area contributed by atoms with Crippen LogP contribution in [0.1, 0.15) is 73.9 Å². The van der Waals surface area contributed by atoms with E-state index < -0.39 is 0 Å². The minimum Gasteiger partial charge on any atom is -0.378 e. The standard InChI is InChI=1S/C32H35N5O2/c1-4-8-29-28(20-23-11-13-24(14-12-23)27-10-7-6-9-25(27)21-33)30(38)36(31-34-22-35-37(29)31)26-15-18-32(39-3,17-5-2)19-16-26/h5-7,9-14,22,26H,2,4,8,15-20H2,1,3H3. The van der Waals surface area contributed by atoms with Crippen LogP contribution in [0.2, 0.25) is 0 Å². The molecule has 7 heteroatoms. The van der Waals surface area contributed by atoms with E-state index in [2.05, 4.69) is 41.8 Å². The van der Waals surface area contributed by atoms with E-state index in [-0.39, 0.29) is 17.2 Å². The van der Waals surface area contributed by atoms with Crippen LogP contribution < -0.4 is 5.56 Å². The first-order valence-corrected chi connectivity index (χ1v) is 13.7. The summed E-state index contributed by atoms with van der Waals surface area (Å²) < 4.78 is 9.66. The molecule has 2 aromatic carbocycles. The Morgan fingerprint density at radius 2 is 1.92 bits per heavy atom. The van der Waals surface area contributed by atoms with Crippen LogP contribution in [0.5, 0.6) is 0 Å². The van der Waals surface area contributed by atoms with Gasteiger partial charge in [-0.15, -0.1) is 6.58 Å². The summed E-state index contributed by atoms with van der Waals surface area (Å²) in [4.78, 5) is 18.7. The smallest absolute Gasteiger partial charge is 0.259 e. The van der Waals surface area contributed by atoms with Gasteiger partial charge in [0.2, 0.25) is 5.78 Å². The molecule has 0 unspecified atom stereocenters. The molecule has 0 saturated heterocycles. The van der Waals surface area contributed by atoms with Crippen molar-refractivity contribution in [1.82, 2.24) is 19.2 Å². The molecule has 0 aliphatic heterocycles. The fourth-order valence-corrected chi connectivity index (χ4v) is 6.06. The maximum Gasteiger partial charge on any atom is 0.259 e. The predicted molar refractivity (Wildman–Crippen MR) is 153 cm³/mol. The van der Waals surface area contributed by atoms with Gasteiger partial charge in [0.15, 0.2) is 0 Å². The summed E-state index contributed by atoms with van der Waals surface area (Å²) in [6.45, 7) is 6.03. The molecule has 0 spiro atoms. The Labute approximate surface area is 229 Å². The van der Waals surface area contributed by atoms with Crippen molar-refractivity contribution >= 4 is 5.78 Å². The van der Waals surface area contributed by atoms with Crippen LogP contribution in [0, 0.1) is 11.3 Å². The molecular weight excluding hydrogens is 486 g/mol. The van der Waals surface area contributed by atoms with Gasteiger partial charge >= 0.3 is 0 Å². The summed E-state index contributed by atoms with van der Waals surface area (Å²) in [5.74, 6) is 0.620. The number of ether oxygens (including phenoxy) is 1. The minimum absolute atomic E-state index is 0.0245. The molecule has 0 atom stereocenters. The number of benzene rings is 2. The fourth-order valence-electron chi connectivity index (χ4n) is 6.06. The SMILES string of the molecule is C=CCC1(OC)CCC(n2c(=O)c(Cc3ccc(-c4ccccc4C#N)cc3)c(CCC)n3ncnc23)CC1. The summed E-state index contributed by atoms with van der Waals surface area (Å²) in [5.41, 5.74) is 5.10. The third-order valence-electron chi connectivity index (χ3n) is 8.19. The van der Waals surface area contributed by atoms with Crippen LogP contribution in [0.3, 0.4) is 0 Å². The zero-order chi connectivity index (χ0) is 27.4. The molecule has 1 saturated carbocycles. The second-order valence-corrected chi connectivity index (χ2v) is 10.5. The van der Waals surface area contributed by atoms with E-state index in [1.54, 1.807) is 13.4 Å². The Bertz CT molecular complexity index is 1570. The van der Waals surface area contributed by atoms with Crippen molar-refractivity contribution in [2.45, 2.75) is 69.9 Å². The number of methoxy groups -OCH3 is 1. The summed E-state index contributed by atoms with van der Waals surface area (Å²) in [6, 6.07) is 18.1. The average Bonchev–Trinajstić information content (AvgIpc) is 3.46. The van der Waals surface area contributed by atoms with Gasteiger partial charge < -0.3 is 4.74 Å². The third kappa shape index (κ3) is 5.05. The Morgan fingerprint density at radius 1 is 1.18 bits per heavy atom. The Balaban J connectivity index is 1.52. The van der Waals surface area contributed by atoms with E-state index in [4.69, 9.17) is 4.74 Å². The van der Waals surface area contributed by atoms with Gasteiger partial charge in [-0.25, -0.2) is 4.52 Å². The van der Waals surface area contributed by atoms with Gasteiger partial charge in [0.1, 0.15) is 6.33 Å². The summed E-state index contributed by atoms with van der Waals surface area (Å²) in [6.07, 6.45) is 9.84. The second kappa shape index (κ2) is 11.4. The topological polar surface area (TPSA) is 85.2 Å². The molecule has 39 heavy (non-hydrogen) atoms. The molecule has 2 heterocycles. The molecule has 2 aromatic heterocycles. The molecular formula is C32H35N5O2. The second-order valence-electron chi connectivity index (χ2n) is 10.5. The van der Waals surface area contributed by atoms with Gasteiger partial charge in [-0.3, -0.25) is 9.36 Å². The lowest BCUT2D eigenvalue weighted by Crippen LogP contribution is -2.40. The minimum atomic E-state index is -0.206. The van der Waals surface area contributed by atoms with Crippen molar-refractivity contribution in [3.05, 3.63) is 100 Å². The van der Waals surface area contributed by atoms with Gasteiger partial charge in [0.05, 0.1) is 22.9 Å². The average molecular weight is 522 g/mol. The molecule has 7 nitrogen and oxygen atoms in total. The molecule has 1 fully saturated rings. The number of hydrogen-bond donors (Lipinski definition) is 0. The van der Waals surface area contributed by atoms with E-state index in [9.17, 15) is 10.1 Å². The summed E-state index contributed by atoms with van der Waals surface area (Å²) in [7, 11) is 1.77. The van der Waals surface area contributed by atoms with Crippen molar-refractivity contribution in [2.24, 2.45) is 0 Å². The normalized spacial score (nSPS) is 19.2. The van der Waals surface area contributed by atoms with E-state index in [0.717, 1.165) is 72.9 Å². The maximum atomic E-state index is 14.2. The van der Waals surface area contributed by atoms with E-state index in [1.807, 2.05) is 51.6 Å². The lowest BCUT2D eigenvalue weighted by molar-refractivity contribution is -0.0450. The first-order valence-electron chi connectivity index (χ1n) is 13.7. The van der Waals surface area contributed by atoms with Crippen molar-refractivity contribution in [2.75, 3.05) is 7.11 Å². The van der Waals surface area contributed by atoms with Gasteiger partial charge in [0.25, 0.3) is 5.56 Å². The predicted octanol–water partition coefficient (Wildman–Crippen LogP) is 6.05. The van der Waals surface area contributed by atoms with Crippen LogP contribution in [0.4, 0.5) is 0 Å². The molecule has 200 valence electrons. The van der Waals surface area contributed by atoms with Crippen molar-refractivity contribution in [3.8, 4) is 17.2 Å². The third-order valence-corrected chi connectivity index (χ3v) is 8.19. The fraction of sp³-hybridized carbons (Fsp3) is 0.375. The van der Waals surface area contributed by atoms with Gasteiger partial charge in [-0.05, 0) is 61.3 Å². The van der Waals surface area contributed by atoms with Crippen LogP contribution in [-0.4, -0.2) is 31.9 Å². The Kier molecular flexibility index (Phi) is 7.76. The zero-order valence-electron chi connectivity index (χ0n) is 22.8. The number of nitrogens with zero attached hydrogens (tertiary/aromatic N) is 5. The van der Waals surface area contributed by atoms with Crippen LogP contribution in [-0.2, 0) is 17.6 Å². The van der Waals surface area contributed by atoms with Crippen LogP contribution in [0.25, 0.3) is 16.9 Å². The largest absolute Gasteiger partial charge is 0.378 e. The van der Waals surface area contributed by atoms with E-state index >= 15 is 0 Å². The maximum absolute atomic E-state index is 14.2. The molecule has 0 radical (unpaired) electrons. The number of rotatable bonds is 9. The highest BCUT2D eigenvalue weighted by Crippen LogP contribution is 2.39. The van der Waals surface area contributed by atoms with Crippen molar-refractivity contribution < 1.29 is 4.74 Å². The molecule has 5 rings (SSSR count). The Hall–Kier alpha value is -4.02. The van der Waals surface area contributed by atoms with Crippen LogP contribution in [0.15, 0.2) is 72.3 Å². The highest BCUT2D eigenvalue weighted by Gasteiger charge is 2.36. The molecule has 0 N–H and O–H groups in total. The van der Waals surface area contributed by atoms with E-state index in [1.165, 1.54) is 0 Å². The quantitative estimate of drug-likeness (QED) is 0.250. The monoisotopic (exact) mass is 521 g/mol. The number of nitriles is 1. The van der Waals surface area contributed by atoms with E-state index in [0.29, 0.717) is 17.8 Å². The lowest BCUT2D eigenvalue weighted by atomic mass is 9.79. The lowest BCUT2D eigenvalue weighted by Gasteiger charge is -2.39. The summed E-state index contributed by atoms with van der Waals surface area (Å²) >= 11 is 0. The number of fused-ring (bicyclic) bond motifs is 1. The Morgan fingerprint density at radius 3 is 2.59 bits per heavy atom. The molecule has 0 amide bonds. The highest BCUT2D eigenvalue weighted by molar-refractivity contribution is 5.70. The number of aromatic nitrogens is 4. The number of aryl methyl sites for hydroxylation is 1. The first kappa shape index (κ1) is 26.6. The molecule has 1 aliphatic rings. The van der Waals surface area contributed by atoms with Crippen molar-refractivity contribution in [3.63, 3.8) is 0 Å². The van der Waals surface area contributed by atoms with Gasteiger partial charge in [0, 0.05) is 25.1 Å². The molecule has 4 aromatic rings. The molecule has 1 aliphatic carbocycles. The van der Waals surface area contributed by atoms with Crippen LogP contribution >= 0.6 is 0 Å². The zero-order valence-corrected chi connectivity index (χ0v) is 22.8. The summed E-state index contributed by atoms with van der Waals surface area (Å²) in [5, 5.41) is 14.1. The van der Waals surface area contributed by atoms with Gasteiger partial charge in [-0.1, -0.05) is 61.9 Å². The highest BCUT2D eigenvalue weighted by atomic mass is 16.5. The van der Waals surface area contributed by atoms with Crippen molar-refractivity contribution in [1.29, 1.82) is 5.26 Å².